The molecule has 0 aliphatic rings. The largest absolute Gasteiger partial charge is 0.505 e. The third-order valence-corrected chi connectivity index (χ3v) is 4.42. The second-order valence-corrected chi connectivity index (χ2v) is 6.26. The molecule has 1 atom stereocenters. The average Bonchev–Trinajstić information content (AvgIpc) is 2.69. The van der Waals surface area contributed by atoms with Crippen molar-refractivity contribution < 1.29 is 5.11 Å². The number of nitrogens with zero attached hydrogens (tertiary/aromatic N) is 2. The first-order chi connectivity index (χ1) is 12.7. The van der Waals surface area contributed by atoms with Gasteiger partial charge in [-0.05, 0) is 30.7 Å². The van der Waals surface area contributed by atoms with E-state index in [4.69, 9.17) is 0 Å². The predicted molar refractivity (Wildman–Crippen MR) is 104 cm³/mol. The van der Waals surface area contributed by atoms with E-state index in [1.807, 2.05) is 73.7 Å². The summed E-state index contributed by atoms with van der Waals surface area (Å²) in [5.41, 5.74) is 4.22. The molecule has 2 aromatic carbocycles. The SMILES string of the molecule is Cc1ccc2ccc(C(Nc3cccnc3)c3ccccc3)c(O)c2n1. The van der Waals surface area contributed by atoms with Crippen molar-refractivity contribution in [3.8, 4) is 5.75 Å². The zero-order valence-corrected chi connectivity index (χ0v) is 14.4. The summed E-state index contributed by atoms with van der Waals surface area (Å²) in [6, 6.07) is 21.6. The number of nitrogens with one attached hydrogen (secondary N) is 1. The molecule has 2 aromatic heterocycles. The highest BCUT2D eigenvalue weighted by Gasteiger charge is 2.20. The van der Waals surface area contributed by atoms with E-state index in [0.717, 1.165) is 27.9 Å². The van der Waals surface area contributed by atoms with E-state index in [9.17, 15) is 5.11 Å². The normalized spacial score (nSPS) is 12.0. The van der Waals surface area contributed by atoms with Crippen molar-refractivity contribution in [2.45, 2.75) is 13.0 Å². The van der Waals surface area contributed by atoms with Gasteiger partial charge >= 0.3 is 0 Å². The Morgan fingerprint density at radius 1 is 0.923 bits per heavy atom. The first-order valence-electron chi connectivity index (χ1n) is 8.53. The van der Waals surface area contributed by atoms with Crippen molar-refractivity contribution in [2.75, 3.05) is 5.32 Å². The Balaban J connectivity index is 1.86. The topological polar surface area (TPSA) is 58.0 Å². The summed E-state index contributed by atoms with van der Waals surface area (Å²) in [6.07, 6.45) is 3.51. The lowest BCUT2D eigenvalue weighted by Crippen LogP contribution is -2.13. The number of phenols is 1. The Kier molecular flexibility index (Phi) is 4.23. The summed E-state index contributed by atoms with van der Waals surface area (Å²) in [7, 11) is 0. The molecule has 2 N–H and O–H groups in total. The molecule has 4 nitrogen and oxygen atoms in total. The van der Waals surface area contributed by atoms with Gasteiger partial charge in [-0.3, -0.25) is 4.98 Å². The lowest BCUT2D eigenvalue weighted by molar-refractivity contribution is 0.471. The number of rotatable bonds is 4. The molecule has 26 heavy (non-hydrogen) atoms. The number of aromatic nitrogens is 2. The summed E-state index contributed by atoms with van der Waals surface area (Å²) in [4.78, 5) is 8.70. The maximum Gasteiger partial charge on any atom is 0.147 e. The molecule has 4 rings (SSSR count). The lowest BCUT2D eigenvalue weighted by atomic mass is 9.96. The number of hydrogen-bond donors (Lipinski definition) is 2. The summed E-state index contributed by atoms with van der Waals surface area (Å²) in [5.74, 6) is 0.205. The van der Waals surface area contributed by atoms with Gasteiger partial charge in [0.05, 0.1) is 11.7 Å². The van der Waals surface area contributed by atoms with Crippen LogP contribution in [0.1, 0.15) is 22.9 Å². The quantitative estimate of drug-likeness (QED) is 0.557. The van der Waals surface area contributed by atoms with Crippen molar-refractivity contribution in [3.63, 3.8) is 0 Å². The summed E-state index contributed by atoms with van der Waals surface area (Å²) in [6.45, 7) is 1.92. The van der Waals surface area contributed by atoms with Crippen LogP contribution in [0.4, 0.5) is 5.69 Å². The van der Waals surface area contributed by atoms with Gasteiger partial charge in [0.1, 0.15) is 11.3 Å². The molecule has 0 bridgehead atoms. The number of phenolic OH excluding ortho intramolecular Hbond substituents is 1. The highest BCUT2D eigenvalue weighted by molar-refractivity contribution is 5.86. The fraction of sp³-hybridized carbons (Fsp3) is 0.0909. The summed E-state index contributed by atoms with van der Waals surface area (Å²) >= 11 is 0. The van der Waals surface area contributed by atoms with Gasteiger partial charge in [-0.15, -0.1) is 0 Å². The van der Waals surface area contributed by atoms with Crippen LogP contribution in [0.25, 0.3) is 10.9 Å². The molecule has 0 spiro atoms. The molecular formula is C22H19N3O. The van der Waals surface area contributed by atoms with Crippen LogP contribution < -0.4 is 5.32 Å². The second kappa shape index (κ2) is 6.84. The first-order valence-corrected chi connectivity index (χ1v) is 8.53. The minimum absolute atomic E-state index is 0.205. The second-order valence-electron chi connectivity index (χ2n) is 6.26. The maximum absolute atomic E-state index is 11.0. The van der Waals surface area contributed by atoms with Gasteiger partial charge in [-0.1, -0.05) is 48.5 Å². The molecule has 0 saturated carbocycles. The minimum Gasteiger partial charge on any atom is -0.505 e. The van der Waals surface area contributed by atoms with Gasteiger partial charge in [0.15, 0.2) is 0 Å². The molecular weight excluding hydrogens is 322 g/mol. The number of anilines is 1. The van der Waals surface area contributed by atoms with E-state index in [-0.39, 0.29) is 11.8 Å². The predicted octanol–water partition coefficient (Wildman–Crippen LogP) is 4.85. The average molecular weight is 341 g/mol. The monoisotopic (exact) mass is 341 g/mol. The van der Waals surface area contributed by atoms with Gasteiger partial charge in [0.2, 0.25) is 0 Å². The van der Waals surface area contributed by atoms with Crippen LogP contribution >= 0.6 is 0 Å². The van der Waals surface area contributed by atoms with Crippen molar-refractivity contribution in [1.29, 1.82) is 0 Å². The Morgan fingerprint density at radius 3 is 2.50 bits per heavy atom. The standard InChI is InChI=1S/C22H19N3O/c1-15-9-10-17-11-12-19(22(26)21(17)24-15)20(16-6-3-2-4-7-16)25-18-8-5-13-23-14-18/h2-14,20,25-26H,1H3. The molecule has 1 unspecified atom stereocenters. The zero-order valence-electron chi connectivity index (χ0n) is 14.4. The Morgan fingerprint density at radius 2 is 1.73 bits per heavy atom. The molecule has 0 radical (unpaired) electrons. The minimum atomic E-state index is -0.216. The molecule has 2 heterocycles. The van der Waals surface area contributed by atoms with Crippen molar-refractivity contribution in [3.05, 3.63) is 95.9 Å². The molecule has 4 heteroatoms. The summed E-state index contributed by atoms with van der Waals surface area (Å²) in [5, 5.41) is 15.4. The summed E-state index contributed by atoms with van der Waals surface area (Å²) < 4.78 is 0. The van der Waals surface area contributed by atoms with E-state index >= 15 is 0 Å². The number of aryl methyl sites for hydroxylation is 1. The fourth-order valence-corrected chi connectivity index (χ4v) is 3.12. The van der Waals surface area contributed by atoms with Crippen LogP contribution in [0.3, 0.4) is 0 Å². The van der Waals surface area contributed by atoms with Crippen LogP contribution in [0.2, 0.25) is 0 Å². The van der Waals surface area contributed by atoms with E-state index in [2.05, 4.69) is 15.3 Å². The van der Waals surface area contributed by atoms with Gasteiger partial charge in [0.25, 0.3) is 0 Å². The van der Waals surface area contributed by atoms with E-state index in [1.54, 1.807) is 12.4 Å². The van der Waals surface area contributed by atoms with Crippen LogP contribution in [0, 0.1) is 6.92 Å². The van der Waals surface area contributed by atoms with Gasteiger partial charge in [-0.25, -0.2) is 4.98 Å². The van der Waals surface area contributed by atoms with Crippen LogP contribution in [0.5, 0.6) is 5.75 Å². The van der Waals surface area contributed by atoms with Gasteiger partial charge in [-0.2, -0.15) is 0 Å². The molecule has 0 aliphatic carbocycles. The number of benzene rings is 2. The van der Waals surface area contributed by atoms with E-state index in [0.29, 0.717) is 5.52 Å². The third kappa shape index (κ3) is 3.09. The van der Waals surface area contributed by atoms with E-state index in [1.165, 1.54) is 0 Å². The van der Waals surface area contributed by atoms with Crippen molar-refractivity contribution in [2.24, 2.45) is 0 Å². The highest BCUT2D eigenvalue weighted by atomic mass is 16.3. The Labute approximate surface area is 152 Å². The van der Waals surface area contributed by atoms with Gasteiger partial charge < -0.3 is 10.4 Å². The van der Waals surface area contributed by atoms with E-state index < -0.39 is 0 Å². The van der Waals surface area contributed by atoms with Gasteiger partial charge in [0, 0.05) is 29.0 Å². The molecule has 0 aliphatic heterocycles. The van der Waals surface area contributed by atoms with Crippen molar-refractivity contribution >= 4 is 16.6 Å². The third-order valence-electron chi connectivity index (χ3n) is 4.42. The van der Waals surface area contributed by atoms with Crippen LogP contribution in [-0.2, 0) is 0 Å². The van der Waals surface area contributed by atoms with Crippen LogP contribution in [-0.4, -0.2) is 15.1 Å². The Bertz CT molecular complexity index is 1030. The zero-order chi connectivity index (χ0) is 17.9. The highest BCUT2D eigenvalue weighted by Crippen LogP contribution is 2.36. The number of hydrogen-bond acceptors (Lipinski definition) is 4. The number of aromatic hydroxyl groups is 1. The Hall–Kier alpha value is -3.40. The maximum atomic E-state index is 11.0. The molecule has 128 valence electrons. The molecule has 0 saturated heterocycles. The van der Waals surface area contributed by atoms with Crippen molar-refractivity contribution in [1.82, 2.24) is 9.97 Å². The smallest absolute Gasteiger partial charge is 0.147 e. The number of pyridine rings is 2. The number of fused-ring (bicyclic) bond motifs is 1. The van der Waals surface area contributed by atoms with Crippen LogP contribution in [0.15, 0.2) is 79.1 Å². The molecule has 0 amide bonds. The first kappa shape index (κ1) is 16.1. The molecule has 0 fully saturated rings. The fourth-order valence-electron chi connectivity index (χ4n) is 3.12. The molecule has 4 aromatic rings. The lowest BCUT2D eigenvalue weighted by Gasteiger charge is -2.22.